The number of rotatable bonds is 3. The number of nitrogens with one attached hydrogen (secondary N) is 1. The summed E-state index contributed by atoms with van der Waals surface area (Å²) in [7, 11) is 0. The summed E-state index contributed by atoms with van der Waals surface area (Å²) < 4.78 is 2.09. The highest BCUT2D eigenvalue weighted by Gasteiger charge is 2.21. The van der Waals surface area contributed by atoms with Gasteiger partial charge >= 0.3 is 0 Å². The first-order valence-corrected chi connectivity index (χ1v) is 7.50. The Hall–Kier alpha value is -1.65. The summed E-state index contributed by atoms with van der Waals surface area (Å²) in [5.74, 6) is 0. The van der Waals surface area contributed by atoms with Crippen LogP contribution in [0.15, 0.2) is 42.0 Å². The molecule has 1 unspecified atom stereocenters. The third-order valence-electron chi connectivity index (χ3n) is 3.81. The maximum absolute atomic E-state index is 4.61. The van der Waals surface area contributed by atoms with Crippen molar-refractivity contribution in [3.63, 3.8) is 0 Å². The second-order valence-electron chi connectivity index (χ2n) is 5.00. The van der Waals surface area contributed by atoms with Crippen LogP contribution in [0.4, 0.5) is 0 Å². The van der Waals surface area contributed by atoms with Gasteiger partial charge in [-0.3, -0.25) is 4.40 Å². The van der Waals surface area contributed by atoms with Gasteiger partial charge < -0.3 is 5.32 Å². The van der Waals surface area contributed by atoms with Crippen molar-refractivity contribution in [2.45, 2.75) is 25.4 Å². The summed E-state index contributed by atoms with van der Waals surface area (Å²) in [4.78, 5) is 5.68. The molecule has 1 atom stereocenters. The summed E-state index contributed by atoms with van der Waals surface area (Å²) in [6.07, 6.45) is 6.55. The van der Waals surface area contributed by atoms with Gasteiger partial charge in [-0.25, -0.2) is 4.98 Å². The molecule has 4 rings (SSSR count). The summed E-state index contributed by atoms with van der Waals surface area (Å²) >= 11 is 1.68. The third kappa shape index (κ3) is 1.97. The van der Waals surface area contributed by atoms with Gasteiger partial charge in [-0.2, -0.15) is 0 Å². The number of hydrogen-bond donors (Lipinski definition) is 1. The standard InChI is InChI=1S/C15H15N3S/c1-2-4-13-11(3-1)5-6-14(13)16-9-12-10-18-7-8-19-15(18)17-12/h1-4,7-8,10,14,16H,5-6,9H2. The fraction of sp³-hybridized carbons (Fsp3) is 0.267. The van der Waals surface area contributed by atoms with Crippen LogP contribution >= 0.6 is 11.3 Å². The molecule has 0 fully saturated rings. The molecule has 1 aromatic carbocycles. The second kappa shape index (κ2) is 4.47. The average molecular weight is 269 g/mol. The van der Waals surface area contributed by atoms with Crippen LogP contribution < -0.4 is 5.32 Å². The van der Waals surface area contributed by atoms with Crippen molar-refractivity contribution in [3.8, 4) is 0 Å². The number of hydrogen-bond acceptors (Lipinski definition) is 3. The highest BCUT2D eigenvalue weighted by atomic mass is 32.1. The molecule has 1 aliphatic carbocycles. The Morgan fingerprint density at radius 2 is 2.32 bits per heavy atom. The zero-order valence-corrected chi connectivity index (χ0v) is 11.4. The Labute approximate surface area is 115 Å². The van der Waals surface area contributed by atoms with Crippen LogP contribution in [0.5, 0.6) is 0 Å². The largest absolute Gasteiger partial charge is 0.304 e. The Morgan fingerprint density at radius 3 is 3.26 bits per heavy atom. The molecule has 2 heterocycles. The zero-order chi connectivity index (χ0) is 12.7. The summed E-state index contributed by atoms with van der Waals surface area (Å²) in [6.45, 7) is 0.841. The Bertz CT molecular complexity index is 684. The van der Waals surface area contributed by atoms with E-state index in [1.54, 1.807) is 11.3 Å². The molecule has 19 heavy (non-hydrogen) atoms. The fourth-order valence-electron chi connectivity index (χ4n) is 2.86. The Balaban J connectivity index is 1.50. The van der Waals surface area contributed by atoms with E-state index in [2.05, 4.69) is 56.7 Å². The highest BCUT2D eigenvalue weighted by Crippen LogP contribution is 2.30. The molecule has 96 valence electrons. The van der Waals surface area contributed by atoms with Gasteiger partial charge in [0.2, 0.25) is 0 Å². The van der Waals surface area contributed by atoms with Crippen LogP contribution in [0.2, 0.25) is 0 Å². The summed E-state index contributed by atoms with van der Waals surface area (Å²) in [6, 6.07) is 9.22. The van der Waals surface area contributed by atoms with E-state index in [0.717, 1.165) is 17.2 Å². The molecule has 0 radical (unpaired) electrons. The average Bonchev–Trinajstić information content (AvgIpc) is 3.10. The molecule has 0 amide bonds. The quantitative estimate of drug-likeness (QED) is 0.791. The van der Waals surface area contributed by atoms with Crippen molar-refractivity contribution in [2.75, 3.05) is 0 Å². The van der Waals surface area contributed by atoms with Crippen LogP contribution in [-0.2, 0) is 13.0 Å². The molecule has 1 aliphatic rings. The van der Waals surface area contributed by atoms with Crippen LogP contribution in [0.3, 0.4) is 0 Å². The van der Waals surface area contributed by atoms with Gasteiger partial charge in [-0.05, 0) is 24.0 Å². The maximum Gasteiger partial charge on any atom is 0.193 e. The molecule has 0 saturated carbocycles. The molecule has 0 spiro atoms. The number of imidazole rings is 1. The molecule has 3 nitrogen and oxygen atoms in total. The molecule has 0 aliphatic heterocycles. The van der Waals surface area contributed by atoms with Gasteiger partial charge in [0.05, 0.1) is 5.69 Å². The lowest BCUT2D eigenvalue weighted by Crippen LogP contribution is -2.18. The minimum atomic E-state index is 0.482. The van der Waals surface area contributed by atoms with Crippen molar-refractivity contribution < 1.29 is 0 Å². The minimum Gasteiger partial charge on any atom is -0.304 e. The smallest absolute Gasteiger partial charge is 0.193 e. The zero-order valence-electron chi connectivity index (χ0n) is 10.5. The minimum absolute atomic E-state index is 0.482. The normalized spacial score (nSPS) is 18.0. The SMILES string of the molecule is c1ccc2c(c1)CCC2NCc1cn2ccsc2n1. The van der Waals surface area contributed by atoms with Gasteiger partial charge in [-0.1, -0.05) is 24.3 Å². The lowest BCUT2D eigenvalue weighted by molar-refractivity contribution is 0.526. The summed E-state index contributed by atoms with van der Waals surface area (Å²) in [5.41, 5.74) is 4.07. The van der Waals surface area contributed by atoms with E-state index >= 15 is 0 Å². The molecular weight excluding hydrogens is 254 g/mol. The van der Waals surface area contributed by atoms with E-state index in [4.69, 9.17) is 0 Å². The molecule has 0 saturated heterocycles. The molecule has 0 bridgehead atoms. The van der Waals surface area contributed by atoms with Crippen LogP contribution in [-0.4, -0.2) is 9.38 Å². The first-order chi connectivity index (χ1) is 9.40. The predicted octanol–water partition coefficient (Wildman–Crippen LogP) is 3.17. The van der Waals surface area contributed by atoms with Gasteiger partial charge in [0.15, 0.2) is 4.96 Å². The number of aromatic nitrogens is 2. The van der Waals surface area contributed by atoms with E-state index in [0.29, 0.717) is 6.04 Å². The van der Waals surface area contributed by atoms with E-state index in [-0.39, 0.29) is 0 Å². The van der Waals surface area contributed by atoms with E-state index in [1.165, 1.54) is 24.0 Å². The number of thiazole rings is 1. The number of aryl methyl sites for hydroxylation is 1. The topological polar surface area (TPSA) is 29.3 Å². The molecular formula is C15H15N3S. The molecule has 1 N–H and O–H groups in total. The highest BCUT2D eigenvalue weighted by molar-refractivity contribution is 7.15. The van der Waals surface area contributed by atoms with Crippen molar-refractivity contribution in [3.05, 3.63) is 58.9 Å². The van der Waals surface area contributed by atoms with Crippen molar-refractivity contribution in [2.24, 2.45) is 0 Å². The van der Waals surface area contributed by atoms with Gasteiger partial charge in [0, 0.05) is 30.4 Å². The van der Waals surface area contributed by atoms with Gasteiger partial charge in [0.25, 0.3) is 0 Å². The molecule has 3 aromatic rings. The summed E-state index contributed by atoms with van der Waals surface area (Å²) in [5, 5.41) is 5.70. The van der Waals surface area contributed by atoms with Gasteiger partial charge in [-0.15, -0.1) is 11.3 Å². The van der Waals surface area contributed by atoms with Gasteiger partial charge in [0.1, 0.15) is 0 Å². The number of fused-ring (bicyclic) bond motifs is 2. The number of nitrogens with zero attached hydrogens (tertiary/aromatic N) is 2. The first-order valence-electron chi connectivity index (χ1n) is 6.62. The fourth-order valence-corrected chi connectivity index (χ4v) is 3.58. The van der Waals surface area contributed by atoms with Crippen molar-refractivity contribution in [1.82, 2.24) is 14.7 Å². The number of benzene rings is 1. The van der Waals surface area contributed by atoms with Crippen LogP contribution in [0.25, 0.3) is 4.96 Å². The van der Waals surface area contributed by atoms with Crippen molar-refractivity contribution in [1.29, 1.82) is 0 Å². The third-order valence-corrected chi connectivity index (χ3v) is 4.58. The molecule has 4 heteroatoms. The maximum atomic E-state index is 4.61. The van der Waals surface area contributed by atoms with E-state index in [1.807, 2.05) is 0 Å². The van der Waals surface area contributed by atoms with E-state index < -0.39 is 0 Å². The second-order valence-corrected chi connectivity index (χ2v) is 5.87. The lowest BCUT2D eigenvalue weighted by atomic mass is 10.1. The Morgan fingerprint density at radius 1 is 1.37 bits per heavy atom. The van der Waals surface area contributed by atoms with Crippen molar-refractivity contribution >= 4 is 16.3 Å². The monoisotopic (exact) mass is 269 g/mol. The molecule has 2 aromatic heterocycles. The first kappa shape index (κ1) is 11.2. The van der Waals surface area contributed by atoms with Crippen LogP contribution in [0.1, 0.15) is 29.3 Å². The Kier molecular flexibility index (Phi) is 2.64. The lowest BCUT2D eigenvalue weighted by Gasteiger charge is -2.12. The predicted molar refractivity (Wildman–Crippen MR) is 77.4 cm³/mol. The van der Waals surface area contributed by atoms with E-state index in [9.17, 15) is 0 Å². The van der Waals surface area contributed by atoms with Crippen LogP contribution in [0, 0.1) is 0 Å².